The number of aliphatic imine (C=N–C) groups is 1. The van der Waals surface area contributed by atoms with Gasteiger partial charge in [-0.25, -0.2) is 4.39 Å². The van der Waals surface area contributed by atoms with Crippen LogP contribution < -0.4 is 10.2 Å². The average Bonchev–Trinajstić information content (AvgIpc) is 3.52. The smallest absolute Gasteiger partial charge is 0.258 e. The molecule has 0 unspecified atom stereocenters. The minimum atomic E-state index is -0.383. The number of hydrogen-bond acceptors (Lipinski definition) is 7. The van der Waals surface area contributed by atoms with Gasteiger partial charge in [-0.15, -0.1) is 23.1 Å². The topological polar surface area (TPSA) is 74.2 Å². The van der Waals surface area contributed by atoms with Gasteiger partial charge in [-0.3, -0.25) is 14.6 Å². The third kappa shape index (κ3) is 10.9. The molecule has 2 fully saturated rings. The van der Waals surface area contributed by atoms with Crippen LogP contribution in [-0.4, -0.2) is 56.3 Å². The highest BCUT2D eigenvalue weighted by Crippen LogP contribution is 2.44. The second-order valence-electron chi connectivity index (χ2n) is 13.6. The van der Waals surface area contributed by atoms with Crippen LogP contribution in [0.3, 0.4) is 0 Å². The van der Waals surface area contributed by atoms with E-state index in [9.17, 15) is 14.0 Å². The summed E-state index contributed by atoms with van der Waals surface area (Å²) in [5, 5.41) is 2.70. The van der Waals surface area contributed by atoms with Gasteiger partial charge >= 0.3 is 0 Å². The van der Waals surface area contributed by atoms with Gasteiger partial charge in [-0.1, -0.05) is 38.2 Å². The number of thiophene rings is 1. The molecule has 10 heteroatoms. The summed E-state index contributed by atoms with van der Waals surface area (Å²) in [5.74, 6) is 0.0522. The molecular weight excluding hydrogens is 716 g/mol. The van der Waals surface area contributed by atoms with Crippen molar-refractivity contribution in [3.05, 3.63) is 117 Å². The van der Waals surface area contributed by atoms with Gasteiger partial charge in [0.15, 0.2) is 0 Å². The number of hydrogen-bond donors (Lipinski definition) is 1. The number of fused-ring (bicyclic) bond motifs is 3. The lowest BCUT2D eigenvalue weighted by atomic mass is 9.73. The van der Waals surface area contributed by atoms with Gasteiger partial charge in [0, 0.05) is 93.8 Å². The lowest BCUT2D eigenvalue weighted by molar-refractivity contribution is -0.114. The van der Waals surface area contributed by atoms with Gasteiger partial charge in [0.2, 0.25) is 5.91 Å². The van der Waals surface area contributed by atoms with E-state index in [0.29, 0.717) is 35.3 Å². The molecule has 0 aliphatic carbocycles. The van der Waals surface area contributed by atoms with Crippen LogP contribution in [0.1, 0.15) is 82.1 Å². The van der Waals surface area contributed by atoms with Gasteiger partial charge in [0.1, 0.15) is 5.82 Å². The van der Waals surface area contributed by atoms with E-state index in [1.807, 2.05) is 27.7 Å². The summed E-state index contributed by atoms with van der Waals surface area (Å²) in [6, 6.07) is 13.6. The Labute approximate surface area is 329 Å². The fourth-order valence-corrected chi connectivity index (χ4v) is 8.59. The highest BCUT2D eigenvalue weighted by Gasteiger charge is 2.43. The molecule has 1 aromatic heterocycles. The van der Waals surface area contributed by atoms with E-state index < -0.39 is 0 Å². The number of thioether (sulfide) groups is 1. The molecule has 7 nitrogen and oxygen atoms in total. The molecule has 0 saturated carbocycles. The monoisotopic (exact) mass is 770 g/mol. The van der Waals surface area contributed by atoms with Gasteiger partial charge in [0.25, 0.3) is 5.91 Å². The molecule has 3 aromatic rings. The maximum atomic E-state index is 14.3. The SMILES string of the molecule is C=C(/C=C\C(C)=C/C)N1CC2(CCOCC2)C1.C=N/C(C)=C(/C)SCc1cc2c(s1)-c1ccc(F)cc1N(C(=O)c1ccc(NC(C)=O)cc1)CC2.CC. The summed E-state index contributed by atoms with van der Waals surface area (Å²) in [7, 11) is 0. The predicted octanol–water partition coefficient (Wildman–Crippen LogP) is 11.1. The summed E-state index contributed by atoms with van der Waals surface area (Å²) >= 11 is 3.41. The Bertz CT molecular complexity index is 1900. The van der Waals surface area contributed by atoms with Crippen LogP contribution in [0.5, 0.6) is 0 Å². The molecule has 288 valence electrons. The number of anilines is 2. The first-order chi connectivity index (χ1) is 25.9. The Hall–Kier alpha value is -4.25. The molecule has 4 heterocycles. The van der Waals surface area contributed by atoms with Crippen molar-refractivity contribution >= 4 is 53.0 Å². The number of nitrogens with zero attached hydrogens (tertiary/aromatic N) is 3. The molecule has 2 saturated heterocycles. The quantitative estimate of drug-likeness (QED) is 0.173. The molecule has 2 amide bonds. The molecule has 3 aliphatic heterocycles. The molecular formula is C44H55FN4O3S2. The molecule has 1 N–H and O–H groups in total. The average molecular weight is 771 g/mol. The summed E-state index contributed by atoms with van der Waals surface area (Å²) in [6.45, 7) is 26.0. The van der Waals surface area contributed by atoms with E-state index in [2.05, 4.69) is 66.6 Å². The number of nitrogens with one attached hydrogen (secondary N) is 1. The molecule has 0 radical (unpaired) electrons. The number of likely N-dealkylation sites (tertiary alicyclic amines) is 1. The minimum Gasteiger partial charge on any atom is -0.381 e. The van der Waals surface area contributed by atoms with E-state index in [0.717, 1.165) is 64.4 Å². The van der Waals surface area contributed by atoms with Crippen molar-refractivity contribution in [1.29, 1.82) is 0 Å². The molecule has 2 aromatic carbocycles. The van der Waals surface area contributed by atoms with E-state index in [1.165, 1.54) is 42.3 Å². The third-order valence-electron chi connectivity index (χ3n) is 9.84. The third-order valence-corrected chi connectivity index (χ3v) is 12.4. The summed E-state index contributed by atoms with van der Waals surface area (Å²) in [4.78, 5) is 36.2. The molecule has 6 rings (SSSR count). The molecule has 0 atom stereocenters. The summed E-state index contributed by atoms with van der Waals surface area (Å²) in [5.41, 5.74) is 7.57. The Morgan fingerprint density at radius 3 is 2.35 bits per heavy atom. The number of ether oxygens (including phenoxy) is 1. The first kappa shape index (κ1) is 42.5. The number of carbonyl (C=O) groups excluding carboxylic acids is 2. The van der Waals surface area contributed by atoms with Gasteiger partial charge in [-0.05, 0) is 114 Å². The van der Waals surface area contributed by atoms with Crippen LogP contribution in [0.4, 0.5) is 15.8 Å². The fraction of sp³-hybridized carbons (Fsp3) is 0.386. The van der Waals surface area contributed by atoms with Crippen molar-refractivity contribution in [2.75, 3.05) is 43.1 Å². The lowest BCUT2D eigenvalue weighted by Gasteiger charge is -2.53. The van der Waals surface area contributed by atoms with E-state index in [1.54, 1.807) is 58.3 Å². The highest BCUT2D eigenvalue weighted by atomic mass is 32.2. The van der Waals surface area contributed by atoms with Crippen molar-refractivity contribution in [1.82, 2.24) is 4.90 Å². The zero-order valence-corrected chi connectivity index (χ0v) is 34.5. The number of amides is 2. The van der Waals surface area contributed by atoms with Crippen LogP contribution in [0, 0.1) is 11.2 Å². The number of carbonyl (C=O) groups is 2. The Kier molecular flexibility index (Phi) is 15.7. The van der Waals surface area contributed by atoms with E-state index in [-0.39, 0.29) is 17.6 Å². The Balaban J connectivity index is 0.000000286. The molecule has 3 aliphatic rings. The van der Waals surface area contributed by atoms with E-state index in [4.69, 9.17) is 4.74 Å². The highest BCUT2D eigenvalue weighted by molar-refractivity contribution is 8.02. The molecule has 1 spiro atoms. The first-order valence-electron chi connectivity index (χ1n) is 18.6. The summed E-state index contributed by atoms with van der Waals surface area (Å²) < 4.78 is 19.8. The second kappa shape index (κ2) is 19.9. The molecule has 0 bridgehead atoms. The Morgan fingerprint density at radius 2 is 1.72 bits per heavy atom. The van der Waals surface area contributed by atoms with Crippen molar-refractivity contribution in [2.24, 2.45) is 10.4 Å². The van der Waals surface area contributed by atoms with Crippen molar-refractivity contribution in [2.45, 2.75) is 73.5 Å². The number of allylic oxidation sites excluding steroid dienone is 6. The number of halogens is 1. The lowest BCUT2D eigenvalue weighted by Crippen LogP contribution is -2.57. The Morgan fingerprint density at radius 1 is 1.04 bits per heavy atom. The normalized spacial score (nSPS) is 16.3. The van der Waals surface area contributed by atoms with E-state index >= 15 is 0 Å². The van der Waals surface area contributed by atoms with Gasteiger partial charge in [0.05, 0.1) is 5.69 Å². The maximum Gasteiger partial charge on any atom is 0.258 e. The predicted molar refractivity (Wildman–Crippen MR) is 228 cm³/mol. The van der Waals surface area contributed by atoms with Gasteiger partial charge in [-0.2, -0.15) is 0 Å². The largest absolute Gasteiger partial charge is 0.381 e. The maximum absolute atomic E-state index is 14.3. The zero-order valence-electron chi connectivity index (χ0n) is 32.9. The zero-order chi connectivity index (χ0) is 39.4. The van der Waals surface area contributed by atoms with Gasteiger partial charge < -0.3 is 19.9 Å². The van der Waals surface area contributed by atoms with Crippen LogP contribution in [0.2, 0.25) is 0 Å². The summed E-state index contributed by atoms with van der Waals surface area (Å²) in [6.07, 6.45) is 9.48. The minimum absolute atomic E-state index is 0.177. The van der Waals surface area contributed by atoms with Crippen LogP contribution in [0.25, 0.3) is 10.4 Å². The molecule has 54 heavy (non-hydrogen) atoms. The first-order valence-corrected chi connectivity index (χ1v) is 20.4. The van der Waals surface area contributed by atoms with Crippen molar-refractivity contribution < 1.29 is 18.7 Å². The van der Waals surface area contributed by atoms with Crippen LogP contribution >= 0.6 is 23.1 Å². The number of rotatable bonds is 9. The van der Waals surface area contributed by atoms with Crippen LogP contribution in [-0.2, 0) is 21.7 Å². The van der Waals surface area contributed by atoms with Crippen LogP contribution in [0.15, 0.2) is 100 Å². The second-order valence-corrected chi connectivity index (χ2v) is 15.9. The van der Waals surface area contributed by atoms with Crippen molar-refractivity contribution in [3.63, 3.8) is 0 Å². The fourth-order valence-electron chi connectivity index (χ4n) is 6.42. The number of benzene rings is 2. The van der Waals surface area contributed by atoms with Crippen molar-refractivity contribution in [3.8, 4) is 10.4 Å². The standard InChI is InChI=1S/C27H26FN3O2S2.C15H23NO.C2H6/c1-16(29-4)17(2)34-15-23-13-20-11-12-31(25-14-21(28)7-10-24(25)26(20)35-23)27(33)19-5-8-22(9-6-19)30-18(3)32;1-4-13(2)5-6-14(3)16-11-15(12-16)7-9-17-10-8-15;1-2/h5-10,13-14H,4,11-12,15H2,1-3H3,(H,30,32);4-6H,3,7-12H2,1-2H3;1-2H3/b17-16-;6-5-,13-4-;.